The van der Waals surface area contributed by atoms with Gasteiger partial charge in [-0.25, -0.2) is 12.7 Å². The molecule has 2 rings (SSSR count). The van der Waals surface area contributed by atoms with Crippen molar-refractivity contribution in [3.8, 4) is 0 Å². The molecule has 5 heteroatoms. The van der Waals surface area contributed by atoms with Crippen molar-refractivity contribution in [3.05, 3.63) is 40.4 Å². The Morgan fingerprint density at radius 3 is 2.37 bits per heavy atom. The van der Waals surface area contributed by atoms with Crippen LogP contribution in [0.25, 0.3) is 6.08 Å². The molecule has 1 heterocycles. The van der Waals surface area contributed by atoms with E-state index in [0.29, 0.717) is 13.1 Å². The van der Waals surface area contributed by atoms with Crippen molar-refractivity contribution >= 4 is 32.0 Å². The van der Waals surface area contributed by atoms with Gasteiger partial charge in [-0.2, -0.15) is 0 Å². The van der Waals surface area contributed by atoms with E-state index in [0.717, 1.165) is 29.3 Å². The van der Waals surface area contributed by atoms with Crippen molar-refractivity contribution in [3.63, 3.8) is 0 Å². The molecule has 19 heavy (non-hydrogen) atoms. The summed E-state index contributed by atoms with van der Waals surface area (Å²) in [6, 6.07) is 7.79. The molecule has 0 atom stereocenters. The zero-order valence-corrected chi connectivity index (χ0v) is 13.2. The van der Waals surface area contributed by atoms with Gasteiger partial charge in [0.15, 0.2) is 0 Å². The lowest BCUT2D eigenvalue weighted by Crippen LogP contribution is -2.36. The van der Waals surface area contributed by atoms with Crippen LogP contribution in [0.15, 0.2) is 34.8 Å². The molecule has 0 amide bonds. The lowest BCUT2D eigenvalue weighted by atomic mass is 10.2. The van der Waals surface area contributed by atoms with Crippen LogP contribution in [-0.4, -0.2) is 31.6 Å². The molecule has 104 valence electrons. The van der Waals surface area contributed by atoms with E-state index in [4.69, 9.17) is 0 Å². The fourth-order valence-corrected chi connectivity index (χ4v) is 3.76. The van der Waals surface area contributed by atoms with Crippen molar-refractivity contribution in [2.75, 3.05) is 18.8 Å². The molecule has 1 aromatic rings. The lowest BCUT2D eigenvalue weighted by Gasteiger charge is -2.25. The maximum absolute atomic E-state index is 12.1. The molecule has 0 aromatic heterocycles. The van der Waals surface area contributed by atoms with Crippen LogP contribution in [0, 0.1) is 0 Å². The van der Waals surface area contributed by atoms with Crippen LogP contribution in [-0.2, 0) is 10.0 Å². The minimum atomic E-state index is -3.12. The zero-order valence-electron chi connectivity index (χ0n) is 10.8. The average Bonchev–Trinajstić information content (AvgIpc) is 2.42. The Labute approximate surface area is 123 Å². The number of halogens is 1. The smallest absolute Gasteiger partial charge is 0.212 e. The average molecular weight is 344 g/mol. The normalized spacial score (nSPS) is 17.9. The first-order valence-corrected chi connectivity index (χ1v) is 8.88. The third-order valence-electron chi connectivity index (χ3n) is 3.20. The number of rotatable bonds is 4. The molecule has 0 radical (unpaired) electrons. The molecule has 0 bridgehead atoms. The third kappa shape index (κ3) is 4.44. The minimum Gasteiger partial charge on any atom is -0.212 e. The summed E-state index contributed by atoms with van der Waals surface area (Å²) >= 11 is 3.37. The highest BCUT2D eigenvalue weighted by Crippen LogP contribution is 2.15. The van der Waals surface area contributed by atoms with E-state index in [1.54, 1.807) is 10.4 Å². The summed E-state index contributed by atoms with van der Waals surface area (Å²) in [5, 5.41) is 0. The Morgan fingerprint density at radius 2 is 1.74 bits per heavy atom. The number of nitrogens with zero attached hydrogens (tertiary/aromatic N) is 1. The van der Waals surface area contributed by atoms with Gasteiger partial charge in [0.25, 0.3) is 0 Å². The second-order valence-corrected chi connectivity index (χ2v) is 7.62. The maximum atomic E-state index is 12.1. The van der Waals surface area contributed by atoms with E-state index in [-0.39, 0.29) is 5.75 Å². The summed E-state index contributed by atoms with van der Waals surface area (Å²) in [6.45, 7) is 1.35. The fourth-order valence-electron chi connectivity index (χ4n) is 2.13. The highest BCUT2D eigenvalue weighted by Gasteiger charge is 2.22. The molecule has 0 N–H and O–H groups in total. The van der Waals surface area contributed by atoms with E-state index in [1.165, 1.54) is 0 Å². The van der Waals surface area contributed by atoms with E-state index in [9.17, 15) is 8.42 Å². The van der Waals surface area contributed by atoms with E-state index < -0.39 is 10.0 Å². The quantitative estimate of drug-likeness (QED) is 0.841. The molecule has 0 saturated carbocycles. The highest BCUT2D eigenvalue weighted by molar-refractivity contribution is 9.10. The van der Waals surface area contributed by atoms with Gasteiger partial charge in [0.2, 0.25) is 10.0 Å². The summed E-state index contributed by atoms with van der Waals surface area (Å²) in [5.74, 6) is 0.0864. The Kier molecular flexibility index (Phi) is 5.19. The van der Waals surface area contributed by atoms with Gasteiger partial charge in [-0.05, 0) is 30.5 Å². The van der Waals surface area contributed by atoms with Crippen LogP contribution >= 0.6 is 15.9 Å². The Morgan fingerprint density at radius 1 is 1.11 bits per heavy atom. The monoisotopic (exact) mass is 343 g/mol. The lowest BCUT2D eigenvalue weighted by molar-refractivity contribution is 0.348. The summed E-state index contributed by atoms with van der Waals surface area (Å²) in [6.07, 6.45) is 6.69. The third-order valence-corrected chi connectivity index (χ3v) is 5.49. The number of hydrogen-bond acceptors (Lipinski definition) is 2. The number of piperidine rings is 1. The first-order valence-electron chi connectivity index (χ1n) is 6.48. The van der Waals surface area contributed by atoms with Gasteiger partial charge in [0, 0.05) is 17.6 Å². The van der Waals surface area contributed by atoms with Crippen LogP contribution in [0.1, 0.15) is 24.8 Å². The number of benzene rings is 1. The molecular weight excluding hydrogens is 326 g/mol. The molecule has 0 aliphatic carbocycles. The predicted octanol–water partition coefficient (Wildman–Crippen LogP) is 3.28. The minimum absolute atomic E-state index is 0.0864. The summed E-state index contributed by atoms with van der Waals surface area (Å²) in [7, 11) is -3.12. The summed E-state index contributed by atoms with van der Waals surface area (Å²) in [4.78, 5) is 0. The largest absolute Gasteiger partial charge is 0.217 e. The van der Waals surface area contributed by atoms with Gasteiger partial charge in [0.1, 0.15) is 0 Å². The fraction of sp³-hybridized carbons (Fsp3) is 0.429. The molecule has 3 nitrogen and oxygen atoms in total. The van der Waals surface area contributed by atoms with Gasteiger partial charge in [0.05, 0.1) is 5.75 Å². The van der Waals surface area contributed by atoms with E-state index in [1.807, 2.05) is 30.3 Å². The Balaban J connectivity index is 1.95. The first kappa shape index (κ1) is 14.8. The zero-order chi connectivity index (χ0) is 13.7. The predicted molar refractivity (Wildman–Crippen MR) is 82.4 cm³/mol. The molecule has 0 unspecified atom stereocenters. The molecular formula is C14H18BrNO2S. The number of hydrogen-bond donors (Lipinski definition) is 0. The second-order valence-electron chi connectivity index (χ2n) is 4.69. The molecule has 0 spiro atoms. The van der Waals surface area contributed by atoms with Crippen molar-refractivity contribution < 1.29 is 8.42 Å². The van der Waals surface area contributed by atoms with Crippen LogP contribution in [0.4, 0.5) is 0 Å². The van der Waals surface area contributed by atoms with E-state index >= 15 is 0 Å². The summed E-state index contributed by atoms with van der Waals surface area (Å²) in [5.41, 5.74) is 1.01. The molecule has 1 aliphatic rings. The maximum Gasteiger partial charge on any atom is 0.217 e. The number of sulfonamides is 1. The van der Waals surface area contributed by atoms with Crippen LogP contribution in [0.2, 0.25) is 0 Å². The molecule has 1 saturated heterocycles. The van der Waals surface area contributed by atoms with Gasteiger partial charge in [-0.1, -0.05) is 46.6 Å². The van der Waals surface area contributed by atoms with Crippen LogP contribution < -0.4 is 0 Å². The topological polar surface area (TPSA) is 37.4 Å². The first-order chi connectivity index (χ1) is 9.08. The molecule has 1 aromatic carbocycles. The van der Waals surface area contributed by atoms with Gasteiger partial charge < -0.3 is 0 Å². The Hall–Kier alpha value is -0.650. The standard InChI is InChI=1S/C14H18BrNO2S/c15-14-8-6-13(7-9-14)5-4-12-19(17,18)16-10-2-1-3-11-16/h4-9H,1-3,10-12H2. The van der Waals surface area contributed by atoms with Gasteiger partial charge in [-0.15, -0.1) is 0 Å². The van der Waals surface area contributed by atoms with Gasteiger partial charge in [-0.3, -0.25) is 0 Å². The van der Waals surface area contributed by atoms with Crippen molar-refractivity contribution in [1.29, 1.82) is 0 Å². The highest BCUT2D eigenvalue weighted by atomic mass is 79.9. The van der Waals surface area contributed by atoms with Crippen molar-refractivity contribution in [2.45, 2.75) is 19.3 Å². The second kappa shape index (κ2) is 6.68. The van der Waals surface area contributed by atoms with Crippen LogP contribution in [0.3, 0.4) is 0 Å². The Bertz CT molecular complexity index is 531. The van der Waals surface area contributed by atoms with Crippen LogP contribution in [0.5, 0.6) is 0 Å². The van der Waals surface area contributed by atoms with Gasteiger partial charge >= 0.3 is 0 Å². The van der Waals surface area contributed by atoms with E-state index in [2.05, 4.69) is 15.9 Å². The molecule has 1 aliphatic heterocycles. The van der Waals surface area contributed by atoms with Crippen molar-refractivity contribution in [1.82, 2.24) is 4.31 Å². The SMILES string of the molecule is O=S(=O)(CC=Cc1ccc(Br)cc1)N1CCCCC1. The summed E-state index contributed by atoms with van der Waals surface area (Å²) < 4.78 is 26.8. The van der Waals surface area contributed by atoms with Crippen molar-refractivity contribution in [2.24, 2.45) is 0 Å². The molecule has 1 fully saturated rings.